The number of ether oxygens (including phenoxy) is 1. The normalized spacial score (nSPS) is 12.3. The highest BCUT2D eigenvalue weighted by molar-refractivity contribution is 8.00. The van der Waals surface area contributed by atoms with E-state index in [0.717, 1.165) is 32.1 Å². The van der Waals surface area contributed by atoms with Gasteiger partial charge in [0.05, 0.1) is 17.7 Å². The molecule has 0 bridgehead atoms. The number of nitrogens with two attached hydrogens (primary N) is 1. The molecule has 0 aliphatic carbocycles. The van der Waals surface area contributed by atoms with Crippen LogP contribution in [0.2, 0.25) is 0 Å². The van der Waals surface area contributed by atoms with Gasteiger partial charge in [0.1, 0.15) is 21.4 Å². The van der Waals surface area contributed by atoms with Crippen LogP contribution in [0.15, 0.2) is 34.7 Å². The van der Waals surface area contributed by atoms with Gasteiger partial charge >= 0.3 is 0 Å². The van der Waals surface area contributed by atoms with E-state index in [9.17, 15) is 4.79 Å². The number of aromatic nitrogens is 2. The van der Waals surface area contributed by atoms with Crippen molar-refractivity contribution in [1.29, 1.82) is 0 Å². The van der Waals surface area contributed by atoms with Crippen LogP contribution in [0.5, 0.6) is 5.75 Å². The second kappa shape index (κ2) is 7.41. The van der Waals surface area contributed by atoms with Gasteiger partial charge in [-0.3, -0.25) is 4.79 Å². The van der Waals surface area contributed by atoms with Crippen molar-refractivity contribution in [2.75, 3.05) is 7.11 Å². The summed E-state index contributed by atoms with van der Waals surface area (Å²) in [6, 6.07) is 7.89. The fourth-order valence-electron chi connectivity index (χ4n) is 2.56. The van der Waals surface area contributed by atoms with E-state index in [-0.39, 0.29) is 11.2 Å². The van der Waals surface area contributed by atoms with Gasteiger partial charge in [-0.05, 0) is 31.0 Å². The molecular formula is C18H19N3O2S2. The number of primary amides is 1. The van der Waals surface area contributed by atoms with Gasteiger partial charge in [0.2, 0.25) is 5.91 Å². The summed E-state index contributed by atoms with van der Waals surface area (Å²) < 4.78 is 5.23. The number of thiophene rings is 1. The third-order valence-electron chi connectivity index (χ3n) is 3.86. The molecule has 7 heteroatoms. The number of hydrogen-bond donors (Lipinski definition) is 1. The zero-order valence-corrected chi connectivity index (χ0v) is 15.9. The van der Waals surface area contributed by atoms with Gasteiger partial charge in [-0.1, -0.05) is 30.8 Å². The first-order valence-electron chi connectivity index (χ1n) is 7.89. The van der Waals surface area contributed by atoms with Gasteiger partial charge < -0.3 is 10.5 Å². The molecule has 2 aromatic heterocycles. The van der Waals surface area contributed by atoms with Crippen LogP contribution < -0.4 is 10.5 Å². The van der Waals surface area contributed by atoms with Crippen LogP contribution in [-0.4, -0.2) is 28.2 Å². The Kier molecular flexibility index (Phi) is 5.24. The minimum atomic E-state index is -0.321. The molecule has 1 unspecified atom stereocenters. The summed E-state index contributed by atoms with van der Waals surface area (Å²) in [5, 5.41) is 3.56. The Balaban J connectivity index is 2.12. The largest absolute Gasteiger partial charge is 0.497 e. The lowest BCUT2D eigenvalue weighted by Crippen LogP contribution is -2.25. The first-order valence-corrected chi connectivity index (χ1v) is 9.65. The Morgan fingerprint density at radius 3 is 2.64 bits per heavy atom. The van der Waals surface area contributed by atoms with Crippen LogP contribution in [0.25, 0.3) is 21.3 Å². The van der Waals surface area contributed by atoms with Crippen molar-refractivity contribution < 1.29 is 9.53 Å². The third kappa shape index (κ3) is 3.62. The van der Waals surface area contributed by atoms with Crippen molar-refractivity contribution in [3.05, 3.63) is 35.5 Å². The molecule has 130 valence electrons. The van der Waals surface area contributed by atoms with Crippen molar-refractivity contribution in [2.24, 2.45) is 5.73 Å². The lowest BCUT2D eigenvalue weighted by Gasteiger charge is -2.12. The molecule has 3 rings (SSSR count). The molecular weight excluding hydrogens is 354 g/mol. The fraction of sp³-hybridized carbons (Fsp3) is 0.278. The predicted octanol–water partition coefficient (Wildman–Crippen LogP) is 4.03. The van der Waals surface area contributed by atoms with Gasteiger partial charge in [-0.25, -0.2) is 9.97 Å². The zero-order valence-electron chi connectivity index (χ0n) is 14.3. The molecule has 2 N–H and O–H groups in total. The van der Waals surface area contributed by atoms with Crippen molar-refractivity contribution in [3.63, 3.8) is 0 Å². The molecule has 5 nitrogen and oxygen atoms in total. The molecule has 0 saturated carbocycles. The number of carbonyl (C=O) groups is 1. The minimum Gasteiger partial charge on any atom is -0.497 e. The number of rotatable bonds is 6. The molecule has 0 spiro atoms. The Bertz CT molecular complexity index is 907. The number of fused-ring (bicyclic) bond motifs is 1. The highest BCUT2D eigenvalue weighted by atomic mass is 32.2. The predicted molar refractivity (Wildman–Crippen MR) is 103 cm³/mol. The molecule has 25 heavy (non-hydrogen) atoms. The highest BCUT2D eigenvalue weighted by Crippen LogP contribution is 2.40. The number of benzene rings is 1. The van der Waals surface area contributed by atoms with E-state index in [1.807, 2.05) is 38.1 Å². The maximum absolute atomic E-state index is 11.7. The van der Waals surface area contributed by atoms with E-state index in [4.69, 9.17) is 10.5 Å². The van der Waals surface area contributed by atoms with Gasteiger partial charge in [-0.2, -0.15) is 0 Å². The average molecular weight is 374 g/mol. The van der Waals surface area contributed by atoms with Gasteiger partial charge in [-0.15, -0.1) is 11.3 Å². The molecule has 1 atom stereocenters. The van der Waals surface area contributed by atoms with Crippen LogP contribution in [0.1, 0.15) is 19.2 Å². The second-order valence-electron chi connectivity index (χ2n) is 5.55. The van der Waals surface area contributed by atoms with E-state index < -0.39 is 0 Å². The smallest absolute Gasteiger partial charge is 0.230 e. The first-order chi connectivity index (χ1) is 12.0. The van der Waals surface area contributed by atoms with Crippen molar-refractivity contribution in [1.82, 2.24) is 9.97 Å². The molecule has 0 aliphatic rings. The molecule has 0 fully saturated rings. The number of aryl methyl sites for hydroxylation is 1. The van der Waals surface area contributed by atoms with Crippen molar-refractivity contribution in [2.45, 2.75) is 30.5 Å². The lowest BCUT2D eigenvalue weighted by atomic mass is 10.1. The topological polar surface area (TPSA) is 78.1 Å². The summed E-state index contributed by atoms with van der Waals surface area (Å²) in [4.78, 5) is 21.7. The Morgan fingerprint density at radius 1 is 1.32 bits per heavy atom. The van der Waals surface area contributed by atoms with Crippen LogP contribution in [0, 0.1) is 6.92 Å². The van der Waals surface area contributed by atoms with Gasteiger partial charge in [0, 0.05) is 10.9 Å². The standard InChI is InChI=1S/C18H19N3O2S2/c1-4-14(16(19)22)25-18-15-13(9-24-17(15)20-10(2)21-18)11-5-7-12(23-3)8-6-11/h5-9,14H,4H2,1-3H3,(H2,19,22). The third-order valence-corrected chi connectivity index (χ3v) is 6.10. The fourth-order valence-corrected chi connectivity index (χ4v) is 4.68. The van der Waals surface area contributed by atoms with Crippen molar-refractivity contribution >= 4 is 39.2 Å². The number of amides is 1. The van der Waals surface area contributed by atoms with Crippen molar-refractivity contribution in [3.8, 4) is 16.9 Å². The summed E-state index contributed by atoms with van der Waals surface area (Å²) in [6.45, 7) is 3.81. The number of carbonyl (C=O) groups excluding carboxylic acids is 1. The SMILES string of the molecule is CCC(Sc1nc(C)nc2scc(-c3ccc(OC)cc3)c12)C(N)=O. The molecule has 1 amide bonds. The summed E-state index contributed by atoms with van der Waals surface area (Å²) in [6.07, 6.45) is 0.659. The summed E-state index contributed by atoms with van der Waals surface area (Å²) >= 11 is 3.00. The van der Waals surface area contributed by atoms with E-state index in [2.05, 4.69) is 15.3 Å². The molecule has 0 saturated heterocycles. The van der Waals surface area contributed by atoms with E-state index >= 15 is 0 Å². The Hall–Kier alpha value is -2.12. The second-order valence-corrected chi connectivity index (χ2v) is 7.60. The first kappa shape index (κ1) is 17.7. The molecule has 1 aromatic carbocycles. The van der Waals surface area contributed by atoms with E-state index in [0.29, 0.717) is 12.2 Å². The van der Waals surface area contributed by atoms with Crippen LogP contribution in [0.3, 0.4) is 0 Å². The number of methoxy groups -OCH3 is 1. The maximum atomic E-state index is 11.7. The van der Waals surface area contributed by atoms with E-state index in [1.54, 1.807) is 18.4 Å². The maximum Gasteiger partial charge on any atom is 0.230 e. The number of nitrogens with zero attached hydrogens (tertiary/aromatic N) is 2. The monoisotopic (exact) mass is 373 g/mol. The van der Waals surface area contributed by atoms with Gasteiger partial charge in [0.15, 0.2) is 0 Å². The van der Waals surface area contributed by atoms with Crippen LogP contribution in [-0.2, 0) is 4.79 Å². The number of thioether (sulfide) groups is 1. The van der Waals surface area contributed by atoms with E-state index in [1.165, 1.54) is 11.8 Å². The van der Waals surface area contributed by atoms with Crippen LogP contribution in [0.4, 0.5) is 0 Å². The summed E-state index contributed by atoms with van der Waals surface area (Å²) in [5.74, 6) is 1.18. The molecule has 3 aromatic rings. The summed E-state index contributed by atoms with van der Waals surface area (Å²) in [7, 11) is 1.65. The molecule has 2 heterocycles. The van der Waals surface area contributed by atoms with Crippen LogP contribution >= 0.6 is 23.1 Å². The quantitative estimate of drug-likeness (QED) is 0.521. The number of hydrogen-bond acceptors (Lipinski definition) is 6. The molecule has 0 aliphatic heterocycles. The Labute approximate surface area is 154 Å². The Morgan fingerprint density at radius 2 is 2.04 bits per heavy atom. The zero-order chi connectivity index (χ0) is 18.0. The van der Waals surface area contributed by atoms with Gasteiger partial charge in [0.25, 0.3) is 0 Å². The minimum absolute atomic E-state index is 0.305. The average Bonchev–Trinajstić information content (AvgIpc) is 3.03. The lowest BCUT2D eigenvalue weighted by molar-refractivity contribution is -0.117. The highest BCUT2D eigenvalue weighted by Gasteiger charge is 2.21. The summed E-state index contributed by atoms with van der Waals surface area (Å²) in [5.41, 5.74) is 7.64. The molecule has 0 radical (unpaired) electrons.